The number of methoxy groups -OCH3 is 1. The Bertz CT molecular complexity index is 841. The number of aromatic nitrogens is 3. The molecule has 0 radical (unpaired) electrons. The molecule has 0 saturated heterocycles. The smallest absolute Gasteiger partial charge is 0.212 e. The van der Waals surface area contributed by atoms with Crippen molar-refractivity contribution in [2.45, 2.75) is 12.8 Å². The van der Waals surface area contributed by atoms with E-state index in [1.54, 1.807) is 13.3 Å². The maximum Gasteiger partial charge on any atom is 0.212 e. The molecule has 3 aromatic heterocycles. The Kier molecular flexibility index (Phi) is 3.15. The fraction of sp³-hybridized carbons (Fsp3) is 0.250. The van der Waals surface area contributed by atoms with Crippen LogP contribution in [0.15, 0.2) is 30.6 Å². The van der Waals surface area contributed by atoms with E-state index >= 15 is 0 Å². The average molecular weight is 315 g/mol. The summed E-state index contributed by atoms with van der Waals surface area (Å²) < 4.78 is 7.17. The molecule has 0 spiro atoms. The van der Waals surface area contributed by atoms with Gasteiger partial charge in [-0.15, -0.1) is 0 Å². The third-order valence-corrected chi connectivity index (χ3v) is 4.23. The lowest BCUT2D eigenvalue weighted by atomic mass is 10.1. The molecule has 0 fully saturated rings. The Labute approximate surface area is 132 Å². The number of nitrogens with one attached hydrogen (secondary N) is 1. The zero-order valence-electron chi connectivity index (χ0n) is 12.1. The second kappa shape index (κ2) is 5.18. The quantitative estimate of drug-likeness (QED) is 0.787. The lowest BCUT2D eigenvalue weighted by Crippen LogP contribution is -2.12. The van der Waals surface area contributed by atoms with Crippen LogP contribution < -0.4 is 10.1 Å². The van der Waals surface area contributed by atoms with Crippen LogP contribution in [-0.2, 0) is 6.42 Å². The SMILES string of the molecule is COc1ccc(-c2cn3c4c(nc3cc2Cl)CCCN4)cn1. The van der Waals surface area contributed by atoms with Crippen LogP contribution in [0.1, 0.15) is 12.1 Å². The summed E-state index contributed by atoms with van der Waals surface area (Å²) in [5.74, 6) is 1.66. The van der Waals surface area contributed by atoms with E-state index in [2.05, 4.69) is 19.7 Å². The normalized spacial score (nSPS) is 13.7. The van der Waals surface area contributed by atoms with Crippen LogP contribution in [0.4, 0.5) is 5.82 Å². The fourth-order valence-corrected chi connectivity index (χ4v) is 3.07. The molecule has 0 atom stereocenters. The second-order valence-electron chi connectivity index (χ2n) is 5.29. The first kappa shape index (κ1) is 13.4. The summed E-state index contributed by atoms with van der Waals surface area (Å²) in [4.78, 5) is 8.91. The highest BCUT2D eigenvalue weighted by molar-refractivity contribution is 6.33. The van der Waals surface area contributed by atoms with Crippen molar-refractivity contribution >= 4 is 23.1 Å². The summed E-state index contributed by atoms with van der Waals surface area (Å²) in [5.41, 5.74) is 3.85. The molecule has 3 aromatic rings. The molecule has 0 aromatic carbocycles. The van der Waals surface area contributed by atoms with Gasteiger partial charge in [-0.2, -0.15) is 0 Å². The van der Waals surface area contributed by atoms with E-state index in [-0.39, 0.29) is 0 Å². The van der Waals surface area contributed by atoms with Gasteiger partial charge in [0.15, 0.2) is 0 Å². The molecule has 1 aliphatic rings. The van der Waals surface area contributed by atoms with E-state index in [0.717, 1.165) is 47.7 Å². The van der Waals surface area contributed by atoms with Gasteiger partial charge in [0.1, 0.15) is 11.5 Å². The maximum atomic E-state index is 6.44. The average Bonchev–Trinajstić information content (AvgIpc) is 2.91. The molecule has 1 N–H and O–H groups in total. The first-order valence-corrected chi connectivity index (χ1v) is 7.59. The molecule has 0 aliphatic carbocycles. The lowest BCUT2D eigenvalue weighted by Gasteiger charge is -2.14. The number of aryl methyl sites for hydroxylation is 1. The topological polar surface area (TPSA) is 51.5 Å². The van der Waals surface area contributed by atoms with Crippen molar-refractivity contribution in [2.24, 2.45) is 0 Å². The third kappa shape index (κ3) is 2.09. The van der Waals surface area contributed by atoms with Crippen LogP contribution >= 0.6 is 11.6 Å². The van der Waals surface area contributed by atoms with Crippen LogP contribution in [0.5, 0.6) is 5.88 Å². The first-order chi connectivity index (χ1) is 10.8. The van der Waals surface area contributed by atoms with Gasteiger partial charge in [0, 0.05) is 42.2 Å². The van der Waals surface area contributed by atoms with Crippen molar-refractivity contribution in [2.75, 3.05) is 19.0 Å². The lowest BCUT2D eigenvalue weighted by molar-refractivity contribution is 0.398. The minimum atomic E-state index is 0.586. The molecule has 0 saturated carbocycles. The summed E-state index contributed by atoms with van der Waals surface area (Å²) >= 11 is 6.44. The molecule has 112 valence electrons. The summed E-state index contributed by atoms with van der Waals surface area (Å²) in [7, 11) is 1.60. The number of hydrogen-bond acceptors (Lipinski definition) is 4. The van der Waals surface area contributed by atoms with Gasteiger partial charge in [0.2, 0.25) is 5.88 Å². The van der Waals surface area contributed by atoms with Crippen LogP contribution in [0.3, 0.4) is 0 Å². The highest BCUT2D eigenvalue weighted by Crippen LogP contribution is 2.32. The largest absolute Gasteiger partial charge is 0.481 e. The van der Waals surface area contributed by atoms with Gasteiger partial charge >= 0.3 is 0 Å². The number of fused-ring (bicyclic) bond motifs is 3. The molecule has 4 rings (SSSR count). The van der Waals surface area contributed by atoms with Gasteiger partial charge in [0.05, 0.1) is 17.8 Å². The molecule has 5 nitrogen and oxygen atoms in total. The zero-order chi connectivity index (χ0) is 15.1. The van der Waals surface area contributed by atoms with Crippen LogP contribution in [0.25, 0.3) is 16.8 Å². The molecular formula is C16H15ClN4O. The fourth-order valence-electron chi connectivity index (χ4n) is 2.81. The summed E-state index contributed by atoms with van der Waals surface area (Å²) in [6.07, 6.45) is 5.90. The van der Waals surface area contributed by atoms with E-state index in [0.29, 0.717) is 10.9 Å². The number of imidazole rings is 1. The van der Waals surface area contributed by atoms with E-state index in [4.69, 9.17) is 16.3 Å². The molecule has 1 aliphatic heterocycles. The van der Waals surface area contributed by atoms with E-state index in [1.807, 2.05) is 24.4 Å². The summed E-state index contributed by atoms with van der Waals surface area (Å²) in [5, 5.41) is 4.09. The predicted molar refractivity (Wildman–Crippen MR) is 86.8 cm³/mol. The van der Waals surface area contributed by atoms with E-state index < -0.39 is 0 Å². The number of anilines is 1. The Balaban J connectivity index is 1.87. The van der Waals surface area contributed by atoms with Crippen molar-refractivity contribution in [3.63, 3.8) is 0 Å². The number of halogens is 1. The zero-order valence-corrected chi connectivity index (χ0v) is 12.9. The molecule has 4 heterocycles. The molecule has 0 unspecified atom stereocenters. The highest BCUT2D eigenvalue weighted by Gasteiger charge is 2.17. The number of ether oxygens (including phenoxy) is 1. The Morgan fingerprint density at radius 3 is 3.05 bits per heavy atom. The van der Waals surface area contributed by atoms with Crippen molar-refractivity contribution in [1.82, 2.24) is 14.4 Å². The van der Waals surface area contributed by atoms with Crippen LogP contribution in [0.2, 0.25) is 5.02 Å². The van der Waals surface area contributed by atoms with E-state index in [1.165, 1.54) is 0 Å². The van der Waals surface area contributed by atoms with Gasteiger partial charge < -0.3 is 10.1 Å². The Morgan fingerprint density at radius 2 is 2.27 bits per heavy atom. The van der Waals surface area contributed by atoms with Crippen molar-refractivity contribution in [3.8, 4) is 17.0 Å². The van der Waals surface area contributed by atoms with Crippen molar-refractivity contribution < 1.29 is 4.74 Å². The van der Waals surface area contributed by atoms with Crippen molar-refractivity contribution in [1.29, 1.82) is 0 Å². The Morgan fingerprint density at radius 1 is 1.36 bits per heavy atom. The van der Waals surface area contributed by atoms with Gasteiger partial charge in [-0.05, 0) is 18.9 Å². The maximum absolute atomic E-state index is 6.44. The molecule has 6 heteroatoms. The van der Waals surface area contributed by atoms with Gasteiger partial charge in [-0.1, -0.05) is 11.6 Å². The van der Waals surface area contributed by atoms with Crippen LogP contribution in [0, 0.1) is 0 Å². The number of hydrogen-bond donors (Lipinski definition) is 1. The number of pyridine rings is 2. The molecule has 0 amide bonds. The number of rotatable bonds is 2. The molecule has 0 bridgehead atoms. The monoisotopic (exact) mass is 314 g/mol. The van der Waals surface area contributed by atoms with Crippen molar-refractivity contribution in [3.05, 3.63) is 41.3 Å². The third-order valence-electron chi connectivity index (χ3n) is 3.92. The first-order valence-electron chi connectivity index (χ1n) is 7.21. The van der Waals surface area contributed by atoms with Gasteiger partial charge in [0.25, 0.3) is 0 Å². The van der Waals surface area contributed by atoms with Gasteiger partial charge in [-0.3, -0.25) is 4.40 Å². The highest BCUT2D eigenvalue weighted by atomic mass is 35.5. The minimum absolute atomic E-state index is 0.586. The Hall–Kier alpha value is -2.27. The summed E-state index contributed by atoms with van der Waals surface area (Å²) in [6, 6.07) is 5.69. The van der Waals surface area contributed by atoms with Crippen LogP contribution in [-0.4, -0.2) is 28.0 Å². The van der Waals surface area contributed by atoms with E-state index in [9.17, 15) is 0 Å². The molecule has 22 heavy (non-hydrogen) atoms. The second-order valence-corrected chi connectivity index (χ2v) is 5.70. The van der Waals surface area contributed by atoms with Gasteiger partial charge in [-0.25, -0.2) is 9.97 Å². The number of nitrogens with zero attached hydrogens (tertiary/aromatic N) is 3. The minimum Gasteiger partial charge on any atom is -0.481 e. The predicted octanol–water partition coefficient (Wildman–Crippen LogP) is 3.42. The summed E-state index contributed by atoms with van der Waals surface area (Å²) in [6.45, 7) is 0.975. The standard InChI is InChI=1S/C16H15ClN4O/c1-22-15-5-4-10(8-19-15)11-9-21-14(7-12(11)17)20-13-3-2-6-18-16(13)21/h4-5,7-9,18H,2-3,6H2,1H3. The molecular weight excluding hydrogens is 300 g/mol.